The van der Waals surface area contributed by atoms with E-state index in [1.165, 1.54) is 12.1 Å². The molecule has 5 heteroatoms. The molecule has 20 heavy (non-hydrogen) atoms. The van der Waals surface area contributed by atoms with Gasteiger partial charge < -0.3 is 10.1 Å². The Morgan fingerprint density at radius 3 is 2.75 bits per heavy atom. The lowest BCUT2D eigenvalue weighted by atomic mass is 10.2. The second-order valence-electron chi connectivity index (χ2n) is 4.49. The summed E-state index contributed by atoms with van der Waals surface area (Å²) in [6, 6.07) is 12.2. The smallest absolute Gasteiger partial charge is 0.273 e. The first-order valence-electron chi connectivity index (χ1n) is 6.26. The van der Waals surface area contributed by atoms with Crippen molar-refractivity contribution in [1.29, 1.82) is 0 Å². The van der Waals surface area contributed by atoms with Gasteiger partial charge in [0.2, 0.25) is 0 Å². The summed E-state index contributed by atoms with van der Waals surface area (Å²) in [5.41, 5.74) is 1.97. The minimum Gasteiger partial charge on any atom is -0.457 e. The molecule has 104 valence electrons. The van der Waals surface area contributed by atoms with Gasteiger partial charge in [-0.05, 0) is 43.3 Å². The quantitative estimate of drug-likeness (QED) is 0.669. The minimum absolute atomic E-state index is 0.0250. The average molecular weight is 272 g/mol. The summed E-state index contributed by atoms with van der Waals surface area (Å²) in [5.74, 6) is 1.17. The Morgan fingerprint density at radius 1 is 1.25 bits per heavy atom. The molecule has 0 aliphatic rings. The molecule has 0 fully saturated rings. The zero-order valence-corrected chi connectivity index (χ0v) is 11.4. The van der Waals surface area contributed by atoms with Crippen molar-refractivity contribution in [3.63, 3.8) is 0 Å². The van der Waals surface area contributed by atoms with Gasteiger partial charge in [0.15, 0.2) is 0 Å². The SMILES string of the molecule is CNCc1cccc(Oc2cc([N+](=O)[O-])ccc2C)c1. The van der Waals surface area contributed by atoms with Gasteiger partial charge in [0.05, 0.1) is 11.0 Å². The van der Waals surface area contributed by atoms with Crippen molar-refractivity contribution in [3.8, 4) is 11.5 Å². The molecule has 0 bridgehead atoms. The molecular formula is C15H16N2O3. The van der Waals surface area contributed by atoms with Crippen molar-refractivity contribution in [2.45, 2.75) is 13.5 Å². The second kappa shape index (κ2) is 6.16. The zero-order valence-electron chi connectivity index (χ0n) is 11.4. The Bertz CT molecular complexity index is 626. The van der Waals surface area contributed by atoms with Crippen molar-refractivity contribution >= 4 is 5.69 Å². The third-order valence-corrected chi connectivity index (χ3v) is 2.89. The maximum Gasteiger partial charge on any atom is 0.273 e. The lowest BCUT2D eigenvalue weighted by molar-refractivity contribution is -0.384. The van der Waals surface area contributed by atoms with Gasteiger partial charge in [-0.15, -0.1) is 0 Å². The van der Waals surface area contributed by atoms with Crippen LogP contribution in [0.25, 0.3) is 0 Å². The second-order valence-corrected chi connectivity index (χ2v) is 4.49. The number of rotatable bonds is 5. The third kappa shape index (κ3) is 3.33. The van der Waals surface area contributed by atoms with E-state index in [1.54, 1.807) is 6.07 Å². The van der Waals surface area contributed by atoms with Crippen LogP contribution in [0.3, 0.4) is 0 Å². The van der Waals surface area contributed by atoms with E-state index in [0.717, 1.165) is 17.7 Å². The highest BCUT2D eigenvalue weighted by Gasteiger charge is 2.10. The van der Waals surface area contributed by atoms with Gasteiger partial charge in [-0.2, -0.15) is 0 Å². The van der Waals surface area contributed by atoms with E-state index in [9.17, 15) is 10.1 Å². The number of benzene rings is 2. The van der Waals surface area contributed by atoms with Gasteiger partial charge >= 0.3 is 0 Å². The lowest BCUT2D eigenvalue weighted by Crippen LogP contribution is -2.04. The molecule has 0 spiro atoms. The summed E-state index contributed by atoms with van der Waals surface area (Å²) in [7, 11) is 1.87. The van der Waals surface area contributed by atoms with Crippen LogP contribution in [-0.2, 0) is 6.54 Å². The number of aryl methyl sites for hydroxylation is 1. The number of hydrogen-bond acceptors (Lipinski definition) is 4. The van der Waals surface area contributed by atoms with Gasteiger partial charge in [-0.3, -0.25) is 10.1 Å². The first-order chi connectivity index (χ1) is 9.60. The minimum atomic E-state index is -0.427. The molecule has 5 nitrogen and oxygen atoms in total. The third-order valence-electron chi connectivity index (χ3n) is 2.89. The summed E-state index contributed by atoms with van der Waals surface area (Å²) in [6.45, 7) is 2.60. The van der Waals surface area contributed by atoms with Crippen molar-refractivity contribution in [2.24, 2.45) is 0 Å². The molecule has 0 aliphatic carbocycles. The van der Waals surface area contributed by atoms with E-state index in [1.807, 2.05) is 38.2 Å². The van der Waals surface area contributed by atoms with Crippen LogP contribution in [0.2, 0.25) is 0 Å². The zero-order chi connectivity index (χ0) is 14.5. The number of nitrogens with zero attached hydrogens (tertiary/aromatic N) is 1. The van der Waals surface area contributed by atoms with Crippen molar-refractivity contribution in [3.05, 3.63) is 63.7 Å². The number of nitro benzene ring substituents is 1. The van der Waals surface area contributed by atoms with Gasteiger partial charge in [-0.1, -0.05) is 12.1 Å². The van der Waals surface area contributed by atoms with Crippen LogP contribution in [0.4, 0.5) is 5.69 Å². The Morgan fingerprint density at radius 2 is 2.05 bits per heavy atom. The topological polar surface area (TPSA) is 64.4 Å². The number of ether oxygens (including phenoxy) is 1. The molecule has 2 aromatic rings. The van der Waals surface area contributed by atoms with Crippen LogP contribution in [0.5, 0.6) is 11.5 Å². The summed E-state index contributed by atoms with van der Waals surface area (Å²) >= 11 is 0. The first-order valence-corrected chi connectivity index (χ1v) is 6.26. The van der Waals surface area contributed by atoms with Crippen LogP contribution >= 0.6 is 0 Å². The summed E-state index contributed by atoms with van der Waals surface area (Å²) < 4.78 is 5.75. The van der Waals surface area contributed by atoms with Gasteiger partial charge in [0, 0.05) is 12.6 Å². The highest BCUT2D eigenvalue weighted by molar-refractivity contribution is 5.46. The predicted molar refractivity (Wildman–Crippen MR) is 77.1 cm³/mol. The molecule has 0 atom stereocenters. The maximum atomic E-state index is 10.8. The summed E-state index contributed by atoms with van der Waals surface area (Å²) in [5, 5.41) is 13.9. The van der Waals surface area contributed by atoms with Gasteiger partial charge in [0.25, 0.3) is 5.69 Å². The number of hydrogen-bond donors (Lipinski definition) is 1. The molecule has 2 rings (SSSR count). The van der Waals surface area contributed by atoms with Crippen LogP contribution in [-0.4, -0.2) is 12.0 Å². The van der Waals surface area contributed by atoms with Crippen molar-refractivity contribution in [1.82, 2.24) is 5.32 Å². The Hall–Kier alpha value is -2.40. The van der Waals surface area contributed by atoms with Gasteiger partial charge in [0.1, 0.15) is 11.5 Å². The predicted octanol–water partition coefficient (Wildman–Crippen LogP) is 3.41. The maximum absolute atomic E-state index is 10.8. The van der Waals surface area contributed by atoms with E-state index in [0.29, 0.717) is 11.5 Å². The van der Waals surface area contributed by atoms with Crippen LogP contribution in [0.1, 0.15) is 11.1 Å². The average Bonchev–Trinajstić information content (AvgIpc) is 2.42. The van der Waals surface area contributed by atoms with E-state index in [4.69, 9.17) is 4.74 Å². The fourth-order valence-corrected chi connectivity index (χ4v) is 1.86. The number of nitro groups is 1. The Labute approximate surface area is 117 Å². The van der Waals surface area contributed by atoms with Crippen molar-refractivity contribution < 1.29 is 9.66 Å². The Kier molecular flexibility index (Phi) is 4.32. The fraction of sp³-hybridized carbons (Fsp3) is 0.200. The van der Waals surface area contributed by atoms with E-state index in [2.05, 4.69) is 5.32 Å². The highest BCUT2D eigenvalue weighted by atomic mass is 16.6. The molecule has 0 heterocycles. The molecule has 0 saturated carbocycles. The fourth-order valence-electron chi connectivity index (χ4n) is 1.86. The molecule has 0 aromatic heterocycles. The molecule has 0 radical (unpaired) electrons. The molecule has 0 aliphatic heterocycles. The van der Waals surface area contributed by atoms with E-state index < -0.39 is 4.92 Å². The first kappa shape index (κ1) is 14.0. The largest absolute Gasteiger partial charge is 0.457 e. The Balaban J connectivity index is 2.27. The van der Waals surface area contributed by atoms with E-state index in [-0.39, 0.29) is 5.69 Å². The van der Waals surface area contributed by atoms with E-state index >= 15 is 0 Å². The molecular weight excluding hydrogens is 256 g/mol. The molecule has 0 saturated heterocycles. The molecule has 1 N–H and O–H groups in total. The highest BCUT2D eigenvalue weighted by Crippen LogP contribution is 2.29. The molecule has 0 amide bonds. The van der Waals surface area contributed by atoms with Gasteiger partial charge in [-0.25, -0.2) is 0 Å². The number of nitrogens with one attached hydrogen (secondary N) is 1. The molecule has 0 unspecified atom stereocenters. The normalized spacial score (nSPS) is 10.3. The molecule has 2 aromatic carbocycles. The van der Waals surface area contributed by atoms with Crippen LogP contribution < -0.4 is 10.1 Å². The van der Waals surface area contributed by atoms with Crippen LogP contribution in [0, 0.1) is 17.0 Å². The monoisotopic (exact) mass is 272 g/mol. The number of non-ortho nitro benzene ring substituents is 1. The van der Waals surface area contributed by atoms with Crippen molar-refractivity contribution in [2.75, 3.05) is 7.05 Å². The summed E-state index contributed by atoms with van der Waals surface area (Å²) in [6.07, 6.45) is 0. The standard InChI is InChI=1S/C15H16N2O3/c1-11-6-7-13(17(18)19)9-15(11)20-14-5-3-4-12(8-14)10-16-2/h3-9,16H,10H2,1-2H3. The summed E-state index contributed by atoms with van der Waals surface area (Å²) in [4.78, 5) is 10.4. The van der Waals surface area contributed by atoms with Crippen LogP contribution in [0.15, 0.2) is 42.5 Å². The lowest BCUT2D eigenvalue weighted by Gasteiger charge is -2.09.